The van der Waals surface area contributed by atoms with Gasteiger partial charge in [-0.2, -0.15) is 0 Å². The van der Waals surface area contributed by atoms with E-state index in [2.05, 4.69) is 0 Å². The van der Waals surface area contributed by atoms with E-state index in [0.717, 1.165) is 6.54 Å². The second kappa shape index (κ2) is 6.41. The van der Waals surface area contributed by atoms with Crippen molar-refractivity contribution < 1.29 is 14.8 Å². The number of benzene rings is 1. The summed E-state index contributed by atoms with van der Waals surface area (Å²) in [6.45, 7) is 3.52. The summed E-state index contributed by atoms with van der Waals surface area (Å²) in [4.78, 5) is 23.8. The number of hydrogen-bond acceptors (Lipinski definition) is 4. The molecule has 0 bridgehead atoms. The van der Waals surface area contributed by atoms with Crippen LogP contribution in [0.15, 0.2) is 18.2 Å². The molecule has 1 N–H and O–H groups in total. The van der Waals surface area contributed by atoms with Crippen LogP contribution >= 0.6 is 11.6 Å². The summed E-state index contributed by atoms with van der Waals surface area (Å²) in [6, 6.07) is 4.58. The first-order valence-electron chi connectivity index (χ1n) is 6.74. The van der Waals surface area contributed by atoms with Crippen LogP contribution in [0.1, 0.15) is 18.9 Å². The summed E-state index contributed by atoms with van der Waals surface area (Å²) in [7, 11) is 0. The molecule has 2 atom stereocenters. The molecule has 6 nitrogen and oxygen atoms in total. The van der Waals surface area contributed by atoms with Crippen molar-refractivity contribution in [2.75, 3.05) is 13.1 Å². The Balaban J connectivity index is 2.17. The third-order valence-electron chi connectivity index (χ3n) is 3.72. The van der Waals surface area contributed by atoms with Gasteiger partial charge in [-0.15, -0.1) is 0 Å². The smallest absolute Gasteiger partial charge is 0.307 e. The van der Waals surface area contributed by atoms with Crippen LogP contribution < -0.4 is 0 Å². The fourth-order valence-corrected chi connectivity index (χ4v) is 3.02. The van der Waals surface area contributed by atoms with Crippen molar-refractivity contribution in [1.29, 1.82) is 0 Å². The zero-order valence-electron chi connectivity index (χ0n) is 11.7. The van der Waals surface area contributed by atoms with Crippen LogP contribution in [0.25, 0.3) is 0 Å². The van der Waals surface area contributed by atoms with Crippen molar-refractivity contribution in [3.05, 3.63) is 38.9 Å². The molecule has 0 aromatic heterocycles. The van der Waals surface area contributed by atoms with E-state index in [1.54, 1.807) is 12.1 Å². The van der Waals surface area contributed by atoms with Crippen molar-refractivity contribution in [3.63, 3.8) is 0 Å². The van der Waals surface area contributed by atoms with E-state index in [9.17, 15) is 14.9 Å². The minimum Gasteiger partial charge on any atom is -0.481 e. The van der Waals surface area contributed by atoms with Crippen molar-refractivity contribution in [3.8, 4) is 0 Å². The summed E-state index contributed by atoms with van der Waals surface area (Å²) < 4.78 is 0. The molecular weight excluding hydrogens is 296 g/mol. The third kappa shape index (κ3) is 3.92. The second-order valence-corrected chi connectivity index (χ2v) is 6.04. The summed E-state index contributed by atoms with van der Waals surface area (Å²) >= 11 is 5.80. The topological polar surface area (TPSA) is 83.7 Å². The molecule has 1 heterocycles. The Labute approximate surface area is 127 Å². The number of rotatable bonds is 4. The predicted octanol–water partition coefficient (Wildman–Crippen LogP) is 2.79. The molecule has 114 valence electrons. The maximum absolute atomic E-state index is 11.2. The number of nitro groups is 1. The Morgan fingerprint density at radius 1 is 1.52 bits per heavy atom. The second-order valence-electron chi connectivity index (χ2n) is 5.60. The van der Waals surface area contributed by atoms with Gasteiger partial charge < -0.3 is 5.11 Å². The van der Waals surface area contributed by atoms with Crippen LogP contribution in [0.2, 0.25) is 5.02 Å². The highest BCUT2D eigenvalue weighted by Gasteiger charge is 2.30. The van der Waals surface area contributed by atoms with Crippen LogP contribution in [0, 0.1) is 22.0 Å². The Morgan fingerprint density at radius 2 is 2.24 bits per heavy atom. The van der Waals surface area contributed by atoms with Crippen molar-refractivity contribution >= 4 is 23.3 Å². The number of piperidine rings is 1. The van der Waals surface area contributed by atoms with Crippen LogP contribution in [0.4, 0.5) is 5.69 Å². The largest absolute Gasteiger partial charge is 0.481 e. The average Bonchev–Trinajstić information content (AvgIpc) is 2.40. The molecule has 1 aliphatic rings. The zero-order valence-corrected chi connectivity index (χ0v) is 12.4. The molecular formula is C14H17ClN2O4. The Bertz CT molecular complexity index is 564. The maximum Gasteiger partial charge on any atom is 0.307 e. The number of nitrogens with zero attached hydrogens (tertiary/aromatic N) is 2. The van der Waals surface area contributed by atoms with Crippen LogP contribution in [-0.2, 0) is 11.3 Å². The molecule has 0 radical (unpaired) electrons. The minimum atomic E-state index is -0.808. The number of carboxylic acid groups (broad SMARTS) is 1. The van der Waals surface area contributed by atoms with E-state index >= 15 is 0 Å². The number of hydrogen-bond donors (Lipinski definition) is 1. The van der Waals surface area contributed by atoms with Gasteiger partial charge in [0.1, 0.15) is 0 Å². The molecule has 0 amide bonds. The number of carboxylic acids is 1. The number of aliphatic carboxylic acids is 1. The highest BCUT2D eigenvalue weighted by Crippen LogP contribution is 2.28. The van der Waals surface area contributed by atoms with E-state index < -0.39 is 16.8 Å². The average molecular weight is 313 g/mol. The molecule has 0 spiro atoms. The van der Waals surface area contributed by atoms with Gasteiger partial charge >= 0.3 is 5.97 Å². The summed E-state index contributed by atoms with van der Waals surface area (Å²) in [5, 5.41) is 20.6. The number of halogens is 1. The van der Waals surface area contributed by atoms with Gasteiger partial charge in [0.15, 0.2) is 0 Å². The lowest BCUT2D eigenvalue weighted by atomic mass is 9.90. The third-order valence-corrected chi connectivity index (χ3v) is 3.96. The maximum atomic E-state index is 11.2. The highest BCUT2D eigenvalue weighted by molar-refractivity contribution is 6.30. The minimum absolute atomic E-state index is 0.0207. The molecule has 1 fully saturated rings. The summed E-state index contributed by atoms with van der Waals surface area (Å²) in [6.07, 6.45) is 0.647. The van der Waals surface area contributed by atoms with Gasteiger partial charge in [0, 0.05) is 36.3 Å². The van der Waals surface area contributed by atoms with E-state index in [-0.39, 0.29) is 11.6 Å². The van der Waals surface area contributed by atoms with Crippen LogP contribution in [0.3, 0.4) is 0 Å². The predicted molar refractivity (Wildman–Crippen MR) is 78.3 cm³/mol. The fourth-order valence-electron chi connectivity index (χ4n) is 2.85. The lowest BCUT2D eigenvalue weighted by molar-refractivity contribution is -0.385. The number of carbonyl (C=O) groups is 1. The molecule has 0 saturated carbocycles. The highest BCUT2D eigenvalue weighted by atomic mass is 35.5. The molecule has 2 rings (SSSR count). The van der Waals surface area contributed by atoms with E-state index in [1.165, 1.54) is 6.07 Å². The first kappa shape index (κ1) is 15.7. The van der Waals surface area contributed by atoms with Crippen LogP contribution in [-0.4, -0.2) is 34.0 Å². The van der Waals surface area contributed by atoms with Gasteiger partial charge in [0.25, 0.3) is 5.69 Å². The van der Waals surface area contributed by atoms with Gasteiger partial charge in [0.2, 0.25) is 0 Å². The quantitative estimate of drug-likeness (QED) is 0.682. The standard InChI is InChI=1S/C14H17ClN2O4/c1-9-4-11(14(18)19)8-16(6-9)7-10-2-3-12(15)5-13(10)17(20)21/h2-3,5,9,11H,4,6-8H2,1H3,(H,18,19). The Morgan fingerprint density at radius 3 is 2.86 bits per heavy atom. The lowest BCUT2D eigenvalue weighted by Gasteiger charge is -2.34. The van der Waals surface area contributed by atoms with Gasteiger partial charge in [-0.3, -0.25) is 19.8 Å². The summed E-state index contributed by atoms with van der Waals surface area (Å²) in [5.41, 5.74) is 0.537. The molecule has 1 aliphatic heterocycles. The molecule has 7 heteroatoms. The van der Waals surface area contributed by atoms with Crippen molar-refractivity contribution in [2.45, 2.75) is 19.9 Å². The van der Waals surface area contributed by atoms with E-state index in [0.29, 0.717) is 30.1 Å². The first-order chi connectivity index (χ1) is 9.86. The van der Waals surface area contributed by atoms with Gasteiger partial charge in [-0.05, 0) is 24.5 Å². The van der Waals surface area contributed by atoms with Gasteiger partial charge in [-0.1, -0.05) is 18.5 Å². The van der Waals surface area contributed by atoms with Gasteiger partial charge in [-0.25, -0.2) is 0 Å². The van der Waals surface area contributed by atoms with E-state index in [1.807, 2.05) is 11.8 Å². The Kier molecular flexibility index (Phi) is 4.80. The van der Waals surface area contributed by atoms with Gasteiger partial charge in [0.05, 0.1) is 10.8 Å². The molecule has 1 aromatic rings. The number of likely N-dealkylation sites (tertiary alicyclic amines) is 1. The molecule has 1 aromatic carbocycles. The van der Waals surface area contributed by atoms with Crippen molar-refractivity contribution in [1.82, 2.24) is 4.90 Å². The molecule has 1 saturated heterocycles. The molecule has 0 aliphatic carbocycles. The van der Waals surface area contributed by atoms with Crippen molar-refractivity contribution in [2.24, 2.45) is 11.8 Å². The zero-order chi connectivity index (χ0) is 15.6. The van der Waals surface area contributed by atoms with Crippen LogP contribution in [0.5, 0.6) is 0 Å². The normalized spacial score (nSPS) is 23.0. The monoisotopic (exact) mass is 312 g/mol. The first-order valence-corrected chi connectivity index (χ1v) is 7.12. The fraction of sp³-hybridized carbons (Fsp3) is 0.500. The molecule has 2 unspecified atom stereocenters. The SMILES string of the molecule is CC1CC(C(=O)O)CN(Cc2ccc(Cl)cc2[N+](=O)[O-])C1. The van der Waals surface area contributed by atoms with E-state index in [4.69, 9.17) is 16.7 Å². The summed E-state index contributed by atoms with van der Waals surface area (Å²) in [5.74, 6) is -0.969. The molecule has 21 heavy (non-hydrogen) atoms. The number of nitro benzene ring substituents is 1. The lowest BCUT2D eigenvalue weighted by Crippen LogP contribution is -2.42. The Hall–Kier alpha value is -1.66.